The third-order valence-corrected chi connectivity index (χ3v) is 6.52. The van der Waals surface area contributed by atoms with Gasteiger partial charge in [-0.05, 0) is 36.5 Å². The summed E-state index contributed by atoms with van der Waals surface area (Å²) in [5.41, 5.74) is -3.76. The number of nitrogens with one attached hydrogen (secondary N) is 3. The molecule has 1 saturated heterocycles. The Balaban J connectivity index is 1.78. The molecule has 0 spiro atoms. The van der Waals surface area contributed by atoms with Gasteiger partial charge in [-0.25, -0.2) is 8.42 Å². The first-order chi connectivity index (χ1) is 14.1. The minimum atomic E-state index is -5.26. The van der Waals surface area contributed by atoms with Crippen LogP contribution in [0.15, 0.2) is 29.3 Å². The molecule has 1 aliphatic heterocycles. The van der Waals surface area contributed by atoms with Crippen molar-refractivity contribution >= 4 is 21.9 Å². The van der Waals surface area contributed by atoms with Crippen LogP contribution in [0.25, 0.3) is 0 Å². The van der Waals surface area contributed by atoms with E-state index in [0.717, 1.165) is 5.56 Å². The summed E-state index contributed by atoms with van der Waals surface area (Å²) >= 11 is 0. The maximum atomic E-state index is 12.6. The van der Waals surface area contributed by atoms with E-state index in [0.29, 0.717) is 41.8 Å². The van der Waals surface area contributed by atoms with E-state index in [1.54, 1.807) is 26.2 Å². The van der Waals surface area contributed by atoms with Gasteiger partial charge in [-0.3, -0.25) is 9.79 Å². The second-order valence-electron chi connectivity index (χ2n) is 6.88. The van der Waals surface area contributed by atoms with E-state index in [4.69, 9.17) is 0 Å². The molecule has 1 heterocycles. The molecule has 168 valence electrons. The molecule has 0 saturated carbocycles. The van der Waals surface area contributed by atoms with Gasteiger partial charge in [-0.15, -0.1) is 0 Å². The molecule has 2 rings (SSSR count). The van der Waals surface area contributed by atoms with Crippen LogP contribution in [0.4, 0.5) is 13.2 Å². The highest BCUT2D eigenvalue weighted by Crippen LogP contribution is 2.30. The van der Waals surface area contributed by atoms with Gasteiger partial charge in [0.05, 0.1) is 0 Å². The number of carbonyl (C=O) groups excluding carboxylic acids is 1. The maximum Gasteiger partial charge on any atom is 0.511 e. The van der Waals surface area contributed by atoms with Gasteiger partial charge < -0.3 is 16.0 Å². The van der Waals surface area contributed by atoms with Crippen LogP contribution in [0.5, 0.6) is 0 Å². The van der Waals surface area contributed by atoms with Gasteiger partial charge in [-0.2, -0.15) is 17.5 Å². The second kappa shape index (κ2) is 10.1. The Labute approximate surface area is 174 Å². The van der Waals surface area contributed by atoms with Crippen molar-refractivity contribution in [3.8, 4) is 0 Å². The number of amides is 1. The molecule has 0 bridgehead atoms. The molecule has 30 heavy (non-hydrogen) atoms. The molecule has 1 fully saturated rings. The van der Waals surface area contributed by atoms with Gasteiger partial charge in [0.15, 0.2) is 5.96 Å². The summed E-state index contributed by atoms with van der Waals surface area (Å²) in [6, 6.07) is 7.08. The number of benzene rings is 1. The van der Waals surface area contributed by atoms with Crippen molar-refractivity contribution in [1.82, 2.24) is 20.3 Å². The van der Waals surface area contributed by atoms with Crippen molar-refractivity contribution in [2.75, 3.05) is 33.7 Å². The predicted molar refractivity (Wildman–Crippen MR) is 107 cm³/mol. The number of guanidine groups is 1. The highest BCUT2D eigenvalue weighted by atomic mass is 32.2. The van der Waals surface area contributed by atoms with Gasteiger partial charge >= 0.3 is 15.5 Å². The Morgan fingerprint density at radius 3 is 2.27 bits per heavy atom. The third-order valence-electron chi connectivity index (χ3n) is 4.89. The number of piperidine rings is 1. The molecule has 0 radical (unpaired) electrons. The fourth-order valence-electron chi connectivity index (χ4n) is 3.07. The highest BCUT2D eigenvalue weighted by Gasteiger charge is 2.50. The summed E-state index contributed by atoms with van der Waals surface area (Å²) < 4.78 is 61.3. The lowest BCUT2D eigenvalue weighted by molar-refractivity contribution is -0.0496. The Kier molecular flexibility index (Phi) is 8.07. The molecule has 3 N–H and O–H groups in total. The number of hydrogen-bond donors (Lipinski definition) is 3. The van der Waals surface area contributed by atoms with E-state index in [9.17, 15) is 26.4 Å². The molecule has 1 aromatic carbocycles. The Bertz CT molecular complexity index is 849. The maximum absolute atomic E-state index is 12.6. The van der Waals surface area contributed by atoms with Crippen molar-refractivity contribution in [1.29, 1.82) is 0 Å². The van der Waals surface area contributed by atoms with Crippen LogP contribution in [0.2, 0.25) is 0 Å². The molecule has 0 unspecified atom stereocenters. The van der Waals surface area contributed by atoms with Crippen molar-refractivity contribution in [2.45, 2.75) is 24.9 Å². The van der Waals surface area contributed by atoms with E-state index < -0.39 is 15.5 Å². The molecule has 1 aliphatic rings. The number of hydrogen-bond acceptors (Lipinski definition) is 4. The molecule has 0 aromatic heterocycles. The van der Waals surface area contributed by atoms with Crippen molar-refractivity contribution in [3.05, 3.63) is 35.4 Å². The average Bonchev–Trinajstić information content (AvgIpc) is 2.73. The van der Waals surface area contributed by atoms with E-state index in [1.165, 1.54) is 0 Å². The fourth-order valence-corrected chi connectivity index (χ4v) is 4.05. The summed E-state index contributed by atoms with van der Waals surface area (Å²) in [6.07, 6.45) is 0.667. The third kappa shape index (κ3) is 6.08. The lowest BCUT2D eigenvalue weighted by Crippen LogP contribution is -2.47. The molecule has 1 aromatic rings. The van der Waals surface area contributed by atoms with E-state index in [2.05, 4.69) is 20.9 Å². The van der Waals surface area contributed by atoms with Crippen molar-refractivity contribution in [3.63, 3.8) is 0 Å². The van der Waals surface area contributed by atoms with Gasteiger partial charge in [-0.1, -0.05) is 12.1 Å². The lowest BCUT2D eigenvalue weighted by Gasteiger charge is -2.31. The molecule has 8 nitrogen and oxygen atoms in total. The first-order valence-electron chi connectivity index (χ1n) is 9.40. The largest absolute Gasteiger partial charge is 0.511 e. The smallest absolute Gasteiger partial charge is 0.356 e. The number of aliphatic imine (C=N–C) groups is 1. The van der Waals surface area contributed by atoms with Crippen LogP contribution >= 0.6 is 0 Å². The standard InChI is InChI=1S/C18H26F3N5O3S/c1-22-16(27)15-5-3-13(4-6-15)11-24-17(23-2)25-12-14-7-9-26(10-8-14)30(28,29)18(19,20)21/h3-6,14H,7-12H2,1-2H3,(H,22,27)(H2,23,24,25). The molecule has 12 heteroatoms. The van der Waals surface area contributed by atoms with Crippen molar-refractivity contribution < 1.29 is 26.4 Å². The molecule has 1 amide bonds. The molecule has 0 aliphatic carbocycles. The zero-order chi connectivity index (χ0) is 22.4. The topological polar surface area (TPSA) is 103 Å². The molecular weight excluding hydrogens is 423 g/mol. The zero-order valence-electron chi connectivity index (χ0n) is 16.8. The van der Waals surface area contributed by atoms with Gasteiger partial charge in [0, 0.05) is 45.8 Å². The summed E-state index contributed by atoms with van der Waals surface area (Å²) in [4.78, 5) is 15.7. The minimum absolute atomic E-state index is 0.0371. The van der Waals surface area contributed by atoms with Gasteiger partial charge in [0.1, 0.15) is 0 Å². The lowest BCUT2D eigenvalue weighted by atomic mass is 9.98. The number of sulfonamides is 1. The van der Waals surface area contributed by atoms with Crippen LogP contribution in [0.3, 0.4) is 0 Å². The van der Waals surface area contributed by atoms with E-state index in [1.807, 2.05) is 12.1 Å². The summed E-state index contributed by atoms with van der Waals surface area (Å²) in [5.74, 6) is 0.395. The number of halogens is 3. The predicted octanol–water partition coefficient (Wildman–Crippen LogP) is 1.27. The van der Waals surface area contributed by atoms with Gasteiger partial charge in [0.25, 0.3) is 5.91 Å². The Morgan fingerprint density at radius 2 is 1.77 bits per heavy atom. The SMILES string of the molecule is CN=C(NCc1ccc(C(=O)NC)cc1)NCC1CCN(S(=O)(=O)C(F)(F)F)CC1. The highest BCUT2D eigenvalue weighted by molar-refractivity contribution is 7.90. The van der Waals surface area contributed by atoms with Crippen LogP contribution in [0, 0.1) is 5.92 Å². The Hall–Kier alpha value is -2.34. The van der Waals surface area contributed by atoms with Crippen LogP contribution in [-0.4, -0.2) is 63.8 Å². The zero-order valence-corrected chi connectivity index (χ0v) is 17.6. The number of nitrogens with zero attached hydrogens (tertiary/aromatic N) is 2. The quantitative estimate of drug-likeness (QED) is 0.449. The molecule has 0 atom stereocenters. The minimum Gasteiger partial charge on any atom is -0.356 e. The van der Waals surface area contributed by atoms with Crippen LogP contribution < -0.4 is 16.0 Å². The summed E-state index contributed by atoms with van der Waals surface area (Å²) in [6.45, 7) is 0.626. The monoisotopic (exact) mass is 449 g/mol. The van der Waals surface area contributed by atoms with E-state index in [-0.39, 0.29) is 24.9 Å². The normalized spacial score (nSPS) is 16.9. The first kappa shape index (κ1) is 23.9. The fraction of sp³-hybridized carbons (Fsp3) is 0.556. The second-order valence-corrected chi connectivity index (χ2v) is 8.81. The van der Waals surface area contributed by atoms with Crippen LogP contribution in [0.1, 0.15) is 28.8 Å². The van der Waals surface area contributed by atoms with Crippen molar-refractivity contribution in [2.24, 2.45) is 10.9 Å². The Morgan fingerprint density at radius 1 is 1.17 bits per heavy atom. The number of carbonyl (C=O) groups is 1. The van der Waals surface area contributed by atoms with Crippen LogP contribution in [-0.2, 0) is 16.6 Å². The molecular formula is C18H26F3N5O3S. The number of alkyl halides is 3. The summed E-state index contributed by atoms with van der Waals surface area (Å²) in [5, 5.41) is 8.79. The average molecular weight is 449 g/mol. The van der Waals surface area contributed by atoms with Gasteiger partial charge in [0.2, 0.25) is 0 Å². The number of rotatable bonds is 6. The first-order valence-corrected chi connectivity index (χ1v) is 10.8. The van der Waals surface area contributed by atoms with E-state index >= 15 is 0 Å². The summed E-state index contributed by atoms with van der Waals surface area (Å²) in [7, 11) is -2.09.